The number of rotatable bonds is 7. The summed E-state index contributed by atoms with van der Waals surface area (Å²) in [5.41, 5.74) is -0.948. The molecule has 0 aliphatic carbocycles. The largest absolute Gasteiger partial charge is 1.00 e. The van der Waals surface area contributed by atoms with E-state index in [2.05, 4.69) is 27.1 Å². The Labute approximate surface area is 335 Å². The first-order valence-corrected chi connectivity index (χ1v) is 17.8. The van der Waals surface area contributed by atoms with Gasteiger partial charge in [0.1, 0.15) is 23.4 Å². The number of amides is 2. The number of benzene rings is 1. The zero-order valence-corrected chi connectivity index (χ0v) is 33.2. The smallest absolute Gasteiger partial charge is 0.471 e. The van der Waals surface area contributed by atoms with E-state index in [9.17, 15) is 42.6 Å². The number of hydrogen-bond acceptors (Lipinski definition) is 10. The summed E-state index contributed by atoms with van der Waals surface area (Å²) in [5, 5.41) is 30.4. The number of carbonyl (C=O) groups is 2. The number of fused-ring (bicyclic) bond motifs is 2. The van der Waals surface area contributed by atoms with Crippen molar-refractivity contribution in [2.75, 3.05) is 26.2 Å². The van der Waals surface area contributed by atoms with Crippen molar-refractivity contribution in [3.8, 4) is 0 Å². The predicted molar refractivity (Wildman–Crippen MR) is 193 cm³/mol. The second kappa shape index (κ2) is 16.8. The van der Waals surface area contributed by atoms with Crippen LogP contribution in [0.4, 0.5) is 13.2 Å². The first-order chi connectivity index (χ1) is 26.0. The number of hydrogen-bond donors (Lipinski definition) is 2. The number of halogens is 4. The van der Waals surface area contributed by atoms with Gasteiger partial charge >= 0.3 is 12.1 Å². The fraction of sp³-hybridized carbons (Fsp3) is 0.500. The van der Waals surface area contributed by atoms with Gasteiger partial charge in [0.05, 0.1) is 36.7 Å². The second-order valence-corrected chi connectivity index (χ2v) is 14.5. The third-order valence-corrected chi connectivity index (χ3v) is 10.5. The van der Waals surface area contributed by atoms with Crippen LogP contribution in [0.5, 0.6) is 0 Å². The van der Waals surface area contributed by atoms with Crippen LogP contribution in [0.25, 0.3) is 22.1 Å². The van der Waals surface area contributed by atoms with Gasteiger partial charge in [-0.05, 0) is 37.2 Å². The minimum atomic E-state index is -4.93. The molecule has 1 aromatic carbocycles. The molecule has 2 fully saturated rings. The molecule has 2 saturated heterocycles. The van der Waals surface area contributed by atoms with Crippen molar-refractivity contribution in [3.63, 3.8) is 0 Å². The van der Waals surface area contributed by atoms with Crippen molar-refractivity contribution in [1.82, 2.24) is 48.5 Å². The van der Waals surface area contributed by atoms with Crippen molar-refractivity contribution >= 4 is 33.9 Å². The molecular formula is C36H43F3IN10O6-. The molecule has 0 spiro atoms. The summed E-state index contributed by atoms with van der Waals surface area (Å²) in [7, 11) is 3.37. The third-order valence-electron chi connectivity index (χ3n) is 10.5. The molecule has 0 bridgehead atoms. The van der Waals surface area contributed by atoms with Crippen LogP contribution in [0.15, 0.2) is 65.0 Å². The number of carbonyl (C=O) groups excluding carboxylic acids is 2. The van der Waals surface area contributed by atoms with Gasteiger partial charge in [0.15, 0.2) is 11.3 Å². The molecule has 4 aromatic heterocycles. The maximum atomic E-state index is 12.7. The van der Waals surface area contributed by atoms with Gasteiger partial charge in [-0.25, -0.2) is 9.97 Å². The normalized spacial score (nSPS) is 17.2. The summed E-state index contributed by atoms with van der Waals surface area (Å²) in [5.74, 6) is -1.66. The van der Waals surface area contributed by atoms with Gasteiger partial charge in [-0.15, -0.1) is 0 Å². The predicted octanol–water partition coefficient (Wildman–Crippen LogP) is -1.27. The van der Waals surface area contributed by atoms with Crippen LogP contribution in [0.3, 0.4) is 0 Å². The van der Waals surface area contributed by atoms with Gasteiger partial charge in [-0.2, -0.15) is 23.4 Å². The highest BCUT2D eigenvalue weighted by Crippen LogP contribution is 2.28. The van der Waals surface area contributed by atoms with E-state index in [1.54, 1.807) is 18.8 Å². The molecule has 56 heavy (non-hydrogen) atoms. The fourth-order valence-corrected chi connectivity index (χ4v) is 7.08. The van der Waals surface area contributed by atoms with Crippen molar-refractivity contribution in [2.24, 2.45) is 14.1 Å². The highest BCUT2D eigenvalue weighted by Gasteiger charge is 2.45. The van der Waals surface area contributed by atoms with Gasteiger partial charge in [0.25, 0.3) is 11.1 Å². The monoisotopic (exact) mass is 895 g/mol. The summed E-state index contributed by atoms with van der Waals surface area (Å²) in [6.45, 7) is 2.60. The van der Waals surface area contributed by atoms with E-state index in [0.717, 1.165) is 5.56 Å². The van der Waals surface area contributed by atoms with E-state index in [1.807, 2.05) is 35.2 Å². The summed E-state index contributed by atoms with van der Waals surface area (Å²) in [6, 6.07) is 10.0. The number of likely N-dealkylation sites (tertiary alicyclic amines) is 2. The molecule has 0 radical (unpaired) electrons. The number of aromatic nitrogens is 8. The molecule has 2 aliphatic heterocycles. The molecule has 16 nitrogen and oxygen atoms in total. The maximum Gasteiger partial charge on any atom is 0.471 e. The highest BCUT2D eigenvalue weighted by molar-refractivity contribution is 5.82. The average Bonchev–Trinajstić information content (AvgIpc) is 3.73. The van der Waals surface area contributed by atoms with Crippen LogP contribution in [-0.2, 0) is 36.8 Å². The van der Waals surface area contributed by atoms with E-state index in [1.165, 1.54) is 38.9 Å². The number of alkyl halides is 3. The second-order valence-electron chi connectivity index (χ2n) is 14.5. The van der Waals surface area contributed by atoms with Crippen LogP contribution in [0, 0.1) is 0 Å². The van der Waals surface area contributed by atoms with Crippen LogP contribution in [0.2, 0.25) is 0 Å². The van der Waals surface area contributed by atoms with Crippen LogP contribution in [-0.4, -0.2) is 114 Å². The Morgan fingerprint density at radius 2 is 1.20 bits per heavy atom. The first-order valence-electron chi connectivity index (χ1n) is 17.8. The number of nitrogens with zero attached hydrogens (tertiary/aromatic N) is 10. The summed E-state index contributed by atoms with van der Waals surface area (Å²) < 4.78 is 43.0. The summed E-state index contributed by atoms with van der Waals surface area (Å²) in [4.78, 5) is 59.9. The Hall–Kier alpha value is -4.70. The molecule has 2 amide bonds. The van der Waals surface area contributed by atoms with Crippen molar-refractivity contribution < 1.29 is 57.0 Å². The van der Waals surface area contributed by atoms with E-state index in [4.69, 9.17) is 0 Å². The summed E-state index contributed by atoms with van der Waals surface area (Å²) >= 11 is 0. The molecule has 2 N–H and O–H groups in total. The van der Waals surface area contributed by atoms with E-state index < -0.39 is 23.3 Å². The zero-order valence-electron chi connectivity index (χ0n) is 31.1. The van der Waals surface area contributed by atoms with E-state index >= 15 is 0 Å². The highest BCUT2D eigenvalue weighted by atomic mass is 127. The van der Waals surface area contributed by atoms with E-state index in [0.29, 0.717) is 59.3 Å². The Kier molecular flexibility index (Phi) is 12.7. The van der Waals surface area contributed by atoms with Crippen molar-refractivity contribution in [3.05, 3.63) is 81.7 Å². The van der Waals surface area contributed by atoms with Crippen LogP contribution < -0.4 is 35.1 Å². The lowest BCUT2D eigenvalue weighted by molar-refractivity contribution is -0.188. The van der Waals surface area contributed by atoms with Crippen LogP contribution >= 0.6 is 0 Å². The number of piperidine rings is 2. The van der Waals surface area contributed by atoms with Gasteiger partial charge in [0.2, 0.25) is 5.91 Å². The van der Waals surface area contributed by atoms with Gasteiger partial charge < -0.3 is 44.0 Å². The molecule has 302 valence electrons. The number of aryl methyl sites for hydroxylation is 2. The molecule has 6 heterocycles. The lowest BCUT2D eigenvalue weighted by Crippen LogP contribution is -3.00. The minimum absolute atomic E-state index is 0. The molecule has 2 aliphatic rings. The van der Waals surface area contributed by atoms with Crippen molar-refractivity contribution in [1.29, 1.82) is 0 Å². The third kappa shape index (κ3) is 9.28. The first kappa shape index (κ1) is 42.4. The Morgan fingerprint density at radius 1 is 0.768 bits per heavy atom. The van der Waals surface area contributed by atoms with E-state index in [-0.39, 0.29) is 85.9 Å². The average molecular weight is 896 g/mol. The van der Waals surface area contributed by atoms with Crippen molar-refractivity contribution in [2.45, 2.75) is 75.4 Å². The SMILES string of the molecule is CC(CC(=O)N1CCC(O)(Cn2cnc3c(cnn3C)c2=O)CC1)c1ccccc1.Cn1ncc2c(=O)n(CC3(O)CCN(C(=O)C(F)(F)F)CC3)cnc21.[I-]. The topological polar surface area (TPSA) is 186 Å². The van der Waals surface area contributed by atoms with Gasteiger partial charge in [-0.1, -0.05) is 37.3 Å². The quantitative estimate of drug-likeness (QED) is 0.187. The number of aliphatic hydroxyl groups is 2. The van der Waals surface area contributed by atoms with Gasteiger partial charge in [-0.3, -0.25) is 37.7 Å². The molecule has 1 unspecified atom stereocenters. The van der Waals surface area contributed by atoms with Gasteiger partial charge in [0, 0.05) is 46.7 Å². The molecule has 1 atom stereocenters. The fourth-order valence-electron chi connectivity index (χ4n) is 7.08. The Morgan fingerprint density at radius 3 is 1.62 bits per heavy atom. The molecule has 7 rings (SSSR count). The maximum absolute atomic E-state index is 12.7. The molecule has 5 aromatic rings. The molecular weight excluding hydrogens is 852 g/mol. The Bertz CT molecular complexity index is 2290. The van der Waals surface area contributed by atoms with Crippen LogP contribution in [0.1, 0.15) is 50.5 Å². The lowest BCUT2D eigenvalue weighted by Gasteiger charge is -2.38. The summed E-state index contributed by atoms with van der Waals surface area (Å²) in [6.07, 6.45) is 1.85. The standard InChI is InChI=1S/C22H27N5O3.C14H16F3N5O3.HI/c1-16(17-6-4-3-5-7-17)12-19(28)26-10-8-22(30,9-11-26)14-27-15-23-20-18(21(27)29)13-24-25(20)2;1-20-10-9(6-19-20)11(23)22(8-18-10)7-13(25)2-4-21(5-3-13)12(24)14(15,16)17;/h3-7,13,15-16,30H,8-12,14H2,1-2H3;6,8,25H,2-5,7H2,1H3;1H/p-1. The Balaban J connectivity index is 0.000000214. The zero-order chi connectivity index (χ0) is 39.7. The minimum Gasteiger partial charge on any atom is -1.00 e. The molecule has 20 heteroatoms. The lowest BCUT2D eigenvalue weighted by atomic mass is 9.90. The molecule has 0 saturated carbocycles.